The third-order valence-electron chi connectivity index (χ3n) is 5.08. The maximum atomic E-state index is 12.9. The fourth-order valence-electron chi connectivity index (χ4n) is 3.47. The van der Waals surface area contributed by atoms with Crippen LogP contribution < -0.4 is 15.0 Å². The predicted octanol–water partition coefficient (Wildman–Crippen LogP) is 3.02. The molecule has 1 aromatic carbocycles. The molecule has 0 radical (unpaired) electrons. The number of anilines is 2. The first kappa shape index (κ1) is 20.8. The number of methoxy groups -OCH3 is 1. The summed E-state index contributed by atoms with van der Waals surface area (Å²) in [5, 5.41) is 11.1. The molecule has 4 rings (SSSR count). The van der Waals surface area contributed by atoms with E-state index >= 15 is 0 Å². The lowest BCUT2D eigenvalue weighted by molar-refractivity contribution is 0.102. The van der Waals surface area contributed by atoms with E-state index in [1.54, 1.807) is 25.6 Å². The van der Waals surface area contributed by atoms with Crippen LogP contribution in [0.25, 0.3) is 11.5 Å². The Morgan fingerprint density at radius 3 is 2.97 bits per heavy atom. The van der Waals surface area contributed by atoms with Crippen molar-refractivity contribution in [2.24, 2.45) is 0 Å². The highest BCUT2D eigenvalue weighted by molar-refractivity contribution is 6.03. The molecule has 0 aliphatic carbocycles. The summed E-state index contributed by atoms with van der Waals surface area (Å²) in [5.74, 6) is 1.13. The fourth-order valence-corrected chi connectivity index (χ4v) is 3.47. The average Bonchev–Trinajstić information content (AvgIpc) is 3.28. The molecule has 0 unspecified atom stereocenters. The Morgan fingerprint density at radius 2 is 2.16 bits per heavy atom. The third-order valence-corrected chi connectivity index (χ3v) is 5.08. The molecule has 3 aromatic rings. The molecule has 1 amide bonds. The molecule has 162 valence electrons. The first-order valence-electron chi connectivity index (χ1n) is 10.3. The van der Waals surface area contributed by atoms with Crippen molar-refractivity contribution in [1.29, 1.82) is 0 Å². The molecule has 0 bridgehead atoms. The van der Waals surface area contributed by atoms with Crippen molar-refractivity contribution in [1.82, 2.24) is 19.7 Å². The Labute approximate surface area is 181 Å². The quantitative estimate of drug-likeness (QED) is 0.625. The second-order valence-electron chi connectivity index (χ2n) is 7.53. The van der Waals surface area contributed by atoms with Gasteiger partial charge in [0.05, 0.1) is 18.8 Å². The number of rotatable bonds is 7. The normalized spacial score (nSPS) is 13.1. The van der Waals surface area contributed by atoms with E-state index in [2.05, 4.69) is 25.4 Å². The van der Waals surface area contributed by atoms with Gasteiger partial charge in [0, 0.05) is 25.4 Å². The predicted molar refractivity (Wildman–Crippen MR) is 118 cm³/mol. The van der Waals surface area contributed by atoms with Crippen LogP contribution in [0, 0.1) is 0 Å². The second kappa shape index (κ2) is 9.13. The van der Waals surface area contributed by atoms with E-state index in [1.807, 2.05) is 42.7 Å². The number of hydrogen-bond donors (Lipinski definition) is 1. The maximum Gasteiger partial charge on any atom is 0.274 e. The number of nitrogens with one attached hydrogen (secondary N) is 1. The molecule has 31 heavy (non-hydrogen) atoms. The summed E-state index contributed by atoms with van der Waals surface area (Å²) in [6.45, 7) is 6.85. The van der Waals surface area contributed by atoms with Crippen molar-refractivity contribution < 1.29 is 14.3 Å². The zero-order valence-electron chi connectivity index (χ0n) is 17.9. The molecule has 1 aliphatic heterocycles. The Kier molecular flexibility index (Phi) is 6.13. The van der Waals surface area contributed by atoms with Crippen LogP contribution in [0.4, 0.5) is 11.4 Å². The SMILES string of the molecule is COCCN1CCOc2ccc(NC(=O)c3cccc(-c4nncn4C(C)C)n3)cc21. The Morgan fingerprint density at radius 1 is 1.29 bits per heavy atom. The smallest absolute Gasteiger partial charge is 0.274 e. The number of pyridine rings is 1. The number of ether oxygens (including phenoxy) is 2. The topological polar surface area (TPSA) is 94.4 Å². The van der Waals surface area contributed by atoms with Crippen molar-refractivity contribution >= 4 is 17.3 Å². The van der Waals surface area contributed by atoms with Crippen LogP contribution in [0.1, 0.15) is 30.4 Å². The Balaban J connectivity index is 1.54. The standard InChI is InChI=1S/C22H26N6O3/c1-15(2)28-14-23-26-21(28)17-5-4-6-18(25-17)22(29)24-16-7-8-20-19(13-16)27(9-11-30-3)10-12-31-20/h4-8,13-15H,9-12H2,1-3H3,(H,24,29). The molecule has 9 heteroatoms. The van der Waals surface area contributed by atoms with Crippen molar-refractivity contribution in [3.05, 3.63) is 48.4 Å². The lowest BCUT2D eigenvalue weighted by atomic mass is 10.2. The van der Waals surface area contributed by atoms with Gasteiger partial charge in [-0.05, 0) is 44.2 Å². The van der Waals surface area contributed by atoms with Gasteiger partial charge in [-0.25, -0.2) is 4.98 Å². The number of nitrogens with zero attached hydrogens (tertiary/aromatic N) is 5. The van der Waals surface area contributed by atoms with E-state index in [4.69, 9.17) is 9.47 Å². The van der Waals surface area contributed by atoms with Gasteiger partial charge >= 0.3 is 0 Å². The average molecular weight is 422 g/mol. The van der Waals surface area contributed by atoms with Crippen LogP contribution in [0.5, 0.6) is 5.75 Å². The summed E-state index contributed by atoms with van der Waals surface area (Å²) in [6, 6.07) is 11.1. The van der Waals surface area contributed by atoms with Gasteiger partial charge in [0.25, 0.3) is 5.91 Å². The summed E-state index contributed by atoms with van der Waals surface area (Å²) < 4.78 is 12.9. The number of aromatic nitrogens is 4. The minimum atomic E-state index is -0.294. The zero-order valence-corrected chi connectivity index (χ0v) is 17.9. The highest BCUT2D eigenvalue weighted by Gasteiger charge is 2.19. The number of benzene rings is 1. The van der Waals surface area contributed by atoms with Crippen LogP contribution >= 0.6 is 0 Å². The lowest BCUT2D eigenvalue weighted by Gasteiger charge is -2.31. The second-order valence-corrected chi connectivity index (χ2v) is 7.53. The van der Waals surface area contributed by atoms with E-state index in [-0.39, 0.29) is 11.9 Å². The summed E-state index contributed by atoms with van der Waals surface area (Å²) in [5.41, 5.74) is 2.52. The Hall–Kier alpha value is -3.46. The minimum absolute atomic E-state index is 0.183. The third kappa shape index (κ3) is 4.51. The zero-order chi connectivity index (χ0) is 21.8. The molecule has 0 spiro atoms. The summed E-state index contributed by atoms with van der Waals surface area (Å²) in [7, 11) is 1.68. The molecule has 0 atom stereocenters. The number of carbonyl (C=O) groups is 1. The molecule has 0 saturated carbocycles. The molecular weight excluding hydrogens is 396 g/mol. The highest BCUT2D eigenvalue weighted by Crippen LogP contribution is 2.34. The number of hydrogen-bond acceptors (Lipinski definition) is 7. The maximum absolute atomic E-state index is 12.9. The molecule has 0 saturated heterocycles. The first-order chi connectivity index (χ1) is 15.1. The van der Waals surface area contributed by atoms with Crippen molar-refractivity contribution in [3.63, 3.8) is 0 Å². The van der Waals surface area contributed by atoms with E-state index in [1.165, 1.54) is 0 Å². The lowest BCUT2D eigenvalue weighted by Crippen LogP contribution is -2.35. The largest absolute Gasteiger partial charge is 0.490 e. The van der Waals surface area contributed by atoms with Crippen molar-refractivity contribution in [2.45, 2.75) is 19.9 Å². The monoisotopic (exact) mass is 422 g/mol. The first-order valence-corrected chi connectivity index (χ1v) is 10.3. The van der Waals surface area contributed by atoms with Gasteiger partial charge in [-0.1, -0.05) is 6.07 Å². The van der Waals surface area contributed by atoms with Gasteiger partial charge in [-0.2, -0.15) is 0 Å². The summed E-state index contributed by atoms with van der Waals surface area (Å²) in [6.07, 6.45) is 1.67. The highest BCUT2D eigenvalue weighted by atomic mass is 16.5. The van der Waals surface area contributed by atoms with Crippen molar-refractivity contribution in [3.8, 4) is 17.3 Å². The molecule has 1 N–H and O–H groups in total. The van der Waals surface area contributed by atoms with Crippen LogP contribution in [-0.4, -0.2) is 59.1 Å². The Bertz CT molecular complexity index is 1060. The van der Waals surface area contributed by atoms with Crippen LogP contribution in [-0.2, 0) is 4.74 Å². The number of fused-ring (bicyclic) bond motifs is 1. The summed E-state index contributed by atoms with van der Waals surface area (Å²) >= 11 is 0. The van der Waals surface area contributed by atoms with Gasteiger partial charge in [0.2, 0.25) is 0 Å². The van der Waals surface area contributed by atoms with E-state index < -0.39 is 0 Å². The van der Waals surface area contributed by atoms with E-state index in [0.29, 0.717) is 36.1 Å². The van der Waals surface area contributed by atoms with Crippen LogP contribution in [0.2, 0.25) is 0 Å². The van der Waals surface area contributed by atoms with Gasteiger partial charge in [0.1, 0.15) is 30.1 Å². The molecular formula is C22H26N6O3. The summed E-state index contributed by atoms with van der Waals surface area (Å²) in [4.78, 5) is 19.6. The van der Waals surface area contributed by atoms with Crippen molar-refractivity contribution in [2.75, 3.05) is 43.6 Å². The van der Waals surface area contributed by atoms with Gasteiger partial charge in [-0.15, -0.1) is 10.2 Å². The number of amides is 1. The van der Waals surface area contributed by atoms with Gasteiger partial charge < -0.3 is 24.3 Å². The van der Waals surface area contributed by atoms with Gasteiger partial charge in [-0.3, -0.25) is 4.79 Å². The minimum Gasteiger partial charge on any atom is -0.490 e. The van der Waals surface area contributed by atoms with Crippen LogP contribution in [0.3, 0.4) is 0 Å². The van der Waals surface area contributed by atoms with E-state index in [9.17, 15) is 4.79 Å². The number of carbonyl (C=O) groups excluding carboxylic acids is 1. The van der Waals surface area contributed by atoms with E-state index in [0.717, 1.165) is 24.5 Å². The molecule has 3 heterocycles. The molecule has 2 aromatic heterocycles. The fraction of sp³-hybridized carbons (Fsp3) is 0.364. The van der Waals surface area contributed by atoms with Gasteiger partial charge in [0.15, 0.2) is 5.82 Å². The molecule has 1 aliphatic rings. The molecule has 0 fully saturated rings. The molecule has 9 nitrogen and oxygen atoms in total. The van der Waals surface area contributed by atoms with Crippen LogP contribution in [0.15, 0.2) is 42.7 Å².